The van der Waals surface area contributed by atoms with Crippen molar-refractivity contribution in [2.75, 3.05) is 11.1 Å². The van der Waals surface area contributed by atoms with Gasteiger partial charge in [0.2, 0.25) is 5.91 Å². The van der Waals surface area contributed by atoms with Crippen LogP contribution in [0.4, 0.5) is 5.69 Å². The van der Waals surface area contributed by atoms with Crippen LogP contribution in [0.1, 0.15) is 15.9 Å². The van der Waals surface area contributed by atoms with Crippen molar-refractivity contribution in [3.8, 4) is 0 Å². The van der Waals surface area contributed by atoms with Gasteiger partial charge in [-0.1, -0.05) is 29.3 Å². The average Bonchev–Trinajstić information content (AvgIpc) is 2.51. The van der Waals surface area contributed by atoms with E-state index in [0.717, 1.165) is 5.56 Å². The van der Waals surface area contributed by atoms with Crippen molar-refractivity contribution < 1.29 is 14.7 Å². The van der Waals surface area contributed by atoms with Crippen molar-refractivity contribution >= 4 is 52.5 Å². The van der Waals surface area contributed by atoms with E-state index < -0.39 is 5.97 Å². The molecular formula is C16H13Cl2NO3S. The van der Waals surface area contributed by atoms with Crippen LogP contribution in [0.15, 0.2) is 42.5 Å². The Kier molecular flexibility index (Phi) is 6.33. The summed E-state index contributed by atoms with van der Waals surface area (Å²) >= 11 is 13.2. The Morgan fingerprint density at radius 3 is 2.35 bits per heavy atom. The number of carboxylic acid groups (broad SMARTS) is 1. The normalized spacial score (nSPS) is 10.3. The molecule has 0 fully saturated rings. The average molecular weight is 370 g/mol. The van der Waals surface area contributed by atoms with Crippen molar-refractivity contribution in [1.82, 2.24) is 0 Å². The molecule has 0 heterocycles. The van der Waals surface area contributed by atoms with Crippen LogP contribution in [-0.4, -0.2) is 22.7 Å². The third-order valence-corrected chi connectivity index (χ3v) is 4.64. The minimum Gasteiger partial charge on any atom is -0.478 e. The van der Waals surface area contributed by atoms with Crippen LogP contribution in [0, 0.1) is 0 Å². The molecule has 0 radical (unpaired) electrons. The lowest BCUT2D eigenvalue weighted by Crippen LogP contribution is -2.14. The van der Waals surface area contributed by atoms with Gasteiger partial charge in [0.05, 0.1) is 21.4 Å². The van der Waals surface area contributed by atoms with Gasteiger partial charge in [-0.3, -0.25) is 4.79 Å². The summed E-state index contributed by atoms with van der Waals surface area (Å²) in [5.41, 5.74) is 1.73. The minimum atomic E-state index is -1.000. The van der Waals surface area contributed by atoms with Crippen LogP contribution in [0.2, 0.25) is 10.0 Å². The first kappa shape index (κ1) is 17.7. The van der Waals surface area contributed by atoms with E-state index in [1.165, 1.54) is 23.9 Å². The molecule has 7 heteroatoms. The molecule has 0 spiro atoms. The smallest absolute Gasteiger partial charge is 0.335 e. The fourth-order valence-corrected chi connectivity index (χ4v) is 2.88. The Balaban J connectivity index is 1.80. The molecule has 120 valence electrons. The number of hydrogen-bond acceptors (Lipinski definition) is 3. The van der Waals surface area contributed by atoms with Gasteiger partial charge in [-0.25, -0.2) is 4.79 Å². The molecule has 0 bridgehead atoms. The lowest BCUT2D eigenvalue weighted by Gasteiger charge is -2.06. The van der Waals surface area contributed by atoms with Gasteiger partial charge in [-0.05, 0) is 42.0 Å². The highest BCUT2D eigenvalue weighted by molar-refractivity contribution is 7.99. The fraction of sp³-hybridized carbons (Fsp3) is 0.125. The van der Waals surface area contributed by atoms with Crippen LogP contribution in [0.25, 0.3) is 0 Å². The van der Waals surface area contributed by atoms with Gasteiger partial charge in [0.25, 0.3) is 0 Å². The number of carbonyl (C=O) groups excluding carboxylic acids is 1. The molecular weight excluding hydrogens is 357 g/mol. The molecule has 23 heavy (non-hydrogen) atoms. The maximum Gasteiger partial charge on any atom is 0.335 e. The van der Waals surface area contributed by atoms with Crippen LogP contribution >= 0.6 is 35.0 Å². The van der Waals surface area contributed by atoms with Gasteiger partial charge in [-0.2, -0.15) is 0 Å². The van der Waals surface area contributed by atoms with Gasteiger partial charge in [0.1, 0.15) is 0 Å². The van der Waals surface area contributed by atoms with Gasteiger partial charge in [-0.15, -0.1) is 11.8 Å². The zero-order valence-corrected chi connectivity index (χ0v) is 14.2. The molecule has 4 nitrogen and oxygen atoms in total. The first-order valence-corrected chi connectivity index (χ1v) is 8.51. The predicted molar refractivity (Wildman–Crippen MR) is 94.7 cm³/mol. The van der Waals surface area contributed by atoms with Gasteiger partial charge in [0, 0.05) is 11.4 Å². The summed E-state index contributed by atoms with van der Waals surface area (Å²) < 4.78 is 0. The zero-order chi connectivity index (χ0) is 16.8. The van der Waals surface area contributed by atoms with Crippen LogP contribution in [0.5, 0.6) is 0 Å². The second kappa shape index (κ2) is 8.24. The van der Waals surface area contributed by atoms with Crippen molar-refractivity contribution in [1.29, 1.82) is 0 Å². The molecule has 0 atom stereocenters. The SMILES string of the molecule is O=C(CSCc1ccc(Cl)c(Cl)c1)Nc1ccc(C(=O)O)cc1. The van der Waals surface area contributed by atoms with E-state index in [0.29, 0.717) is 21.5 Å². The lowest BCUT2D eigenvalue weighted by atomic mass is 10.2. The van der Waals surface area contributed by atoms with E-state index in [-0.39, 0.29) is 17.2 Å². The molecule has 0 aliphatic heterocycles. The first-order chi connectivity index (χ1) is 11.0. The third-order valence-electron chi connectivity index (χ3n) is 2.90. The molecule has 2 N–H and O–H groups in total. The Morgan fingerprint density at radius 1 is 1.04 bits per heavy atom. The van der Waals surface area contributed by atoms with Crippen molar-refractivity contribution in [3.05, 3.63) is 63.6 Å². The molecule has 0 aromatic heterocycles. The highest BCUT2D eigenvalue weighted by atomic mass is 35.5. The zero-order valence-electron chi connectivity index (χ0n) is 11.9. The molecule has 2 rings (SSSR count). The highest BCUT2D eigenvalue weighted by Gasteiger charge is 2.06. The molecule has 1 amide bonds. The van der Waals surface area contributed by atoms with E-state index in [1.807, 2.05) is 6.07 Å². The number of rotatable bonds is 6. The van der Waals surface area contributed by atoms with Gasteiger partial charge in [0.15, 0.2) is 0 Å². The number of carbonyl (C=O) groups is 2. The van der Waals surface area contributed by atoms with E-state index >= 15 is 0 Å². The van der Waals surface area contributed by atoms with Crippen molar-refractivity contribution in [2.45, 2.75) is 5.75 Å². The second-order valence-corrected chi connectivity index (χ2v) is 6.47. The maximum absolute atomic E-state index is 11.8. The molecule has 0 unspecified atom stereocenters. The summed E-state index contributed by atoms with van der Waals surface area (Å²) in [6.45, 7) is 0. The fourth-order valence-electron chi connectivity index (χ4n) is 1.78. The number of thioether (sulfide) groups is 1. The van der Waals surface area contributed by atoms with E-state index in [1.54, 1.807) is 24.3 Å². The maximum atomic E-state index is 11.8. The number of amides is 1. The summed E-state index contributed by atoms with van der Waals surface area (Å²) in [5, 5.41) is 12.5. The van der Waals surface area contributed by atoms with Crippen LogP contribution in [0.3, 0.4) is 0 Å². The predicted octanol–water partition coefficient (Wildman–Crippen LogP) is 4.56. The number of anilines is 1. The first-order valence-electron chi connectivity index (χ1n) is 6.60. The van der Waals surface area contributed by atoms with Gasteiger partial charge < -0.3 is 10.4 Å². The summed E-state index contributed by atoms with van der Waals surface area (Å²) in [5.74, 6) is -0.235. The third kappa shape index (κ3) is 5.46. The quantitative estimate of drug-likeness (QED) is 0.782. The monoisotopic (exact) mass is 369 g/mol. The molecule has 2 aromatic rings. The Labute approximate surface area is 147 Å². The van der Waals surface area contributed by atoms with E-state index in [4.69, 9.17) is 28.3 Å². The van der Waals surface area contributed by atoms with Crippen molar-refractivity contribution in [2.24, 2.45) is 0 Å². The minimum absolute atomic E-state index is 0.155. The Hall–Kier alpha value is -1.69. The molecule has 0 aliphatic rings. The topological polar surface area (TPSA) is 66.4 Å². The standard InChI is InChI=1S/C16H13Cl2NO3S/c17-13-6-1-10(7-14(13)18)8-23-9-15(20)19-12-4-2-11(3-5-12)16(21)22/h1-7H,8-9H2,(H,19,20)(H,21,22). The number of aromatic carboxylic acids is 1. The molecule has 0 aliphatic carbocycles. The van der Waals surface area contributed by atoms with E-state index in [2.05, 4.69) is 5.32 Å². The Morgan fingerprint density at radius 2 is 1.74 bits per heavy atom. The number of carboxylic acids is 1. The summed E-state index contributed by atoms with van der Waals surface area (Å²) in [6, 6.07) is 11.4. The summed E-state index contributed by atoms with van der Waals surface area (Å²) in [6.07, 6.45) is 0. The molecule has 0 saturated carbocycles. The number of nitrogens with one attached hydrogen (secondary N) is 1. The summed E-state index contributed by atoms with van der Waals surface area (Å²) in [4.78, 5) is 22.6. The van der Waals surface area contributed by atoms with Gasteiger partial charge >= 0.3 is 5.97 Å². The van der Waals surface area contributed by atoms with Crippen molar-refractivity contribution in [3.63, 3.8) is 0 Å². The van der Waals surface area contributed by atoms with Crippen LogP contribution in [-0.2, 0) is 10.5 Å². The second-order valence-electron chi connectivity index (χ2n) is 4.67. The lowest BCUT2D eigenvalue weighted by molar-refractivity contribution is -0.113. The molecule has 2 aromatic carbocycles. The Bertz CT molecular complexity index is 720. The number of hydrogen-bond donors (Lipinski definition) is 2. The number of benzene rings is 2. The highest BCUT2D eigenvalue weighted by Crippen LogP contribution is 2.24. The van der Waals surface area contributed by atoms with E-state index in [9.17, 15) is 9.59 Å². The largest absolute Gasteiger partial charge is 0.478 e. The molecule has 0 saturated heterocycles. The number of halogens is 2. The van der Waals surface area contributed by atoms with Crippen LogP contribution < -0.4 is 5.32 Å². The summed E-state index contributed by atoms with van der Waals surface area (Å²) in [7, 11) is 0.